The van der Waals surface area contributed by atoms with Gasteiger partial charge in [-0.1, -0.05) is 37.1 Å². The Hall–Kier alpha value is -2.21. The quantitative estimate of drug-likeness (QED) is 0.744. The molecule has 3 rings (SSSR count). The average Bonchev–Trinajstić information content (AvgIpc) is 2.90. The highest BCUT2D eigenvalue weighted by Crippen LogP contribution is 2.37. The SMILES string of the molecule is CN(C)Cc1ccc(CNC(=O)CCN2C(=O)C3CCCCC3C2=O)cc1. The molecule has 0 radical (unpaired) electrons. The molecule has 1 aliphatic carbocycles. The minimum absolute atomic E-state index is 0.0750. The highest BCUT2D eigenvalue weighted by Gasteiger charge is 2.47. The first-order valence-corrected chi connectivity index (χ1v) is 9.80. The first-order valence-electron chi connectivity index (χ1n) is 9.80. The maximum atomic E-state index is 12.4. The van der Waals surface area contributed by atoms with E-state index in [-0.39, 0.29) is 42.5 Å². The van der Waals surface area contributed by atoms with Gasteiger partial charge in [0.25, 0.3) is 0 Å². The standard InChI is InChI=1S/C21H29N3O3/c1-23(2)14-16-9-7-15(8-10-16)13-22-19(25)11-12-24-20(26)17-5-3-4-6-18(17)21(24)27/h7-10,17-18H,3-6,11-14H2,1-2H3,(H,22,25). The van der Waals surface area contributed by atoms with Crippen LogP contribution in [0.2, 0.25) is 0 Å². The first kappa shape index (κ1) is 19.5. The molecule has 6 nitrogen and oxygen atoms in total. The summed E-state index contributed by atoms with van der Waals surface area (Å²) in [6.07, 6.45) is 3.81. The molecule has 1 saturated carbocycles. The van der Waals surface area contributed by atoms with E-state index in [0.29, 0.717) is 6.54 Å². The number of hydrogen-bond acceptors (Lipinski definition) is 4. The highest BCUT2D eigenvalue weighted by atomic mass is 16.2. The second kappa shape index (κ2) is 8.65. The number of nitrogens with zero attached hydrogens (tertiary/aromatic N) is 2. The van der Waals surface area contributed by atoms with Gasteiger partial charge in [0.05, 0.1) is 11.8 Å². The number of fused-ring (bicyclic) bond motifs is 1. The Kier molecular flexibility index (Phi) is 6.26. The van der Waals surface area contributed by atoms with Gasteiger partial charge in [0.1, 0.15) is 0 Å². The third kappa shape index (κ3) is 4.75. The molecule has 0 bridgehead atoms. The van der Waals surface area contributed by atoms with Gasteiger partial charge < -0.3 is 10.2 Å². The summed E-state index contributed by atoms with van der Waals surface area (Å²) < 4.78 is 0. The lowest BCUT2D eigenvalue weighted by atomic mass is 9.81. The molecule has 1 saturated heterocycles. The van der Waals surface area contributed by atoms with Gasteiger partial charge in [-0.15, -0.1) is 0 Å². The fourth-order valence-corrected chi connectivity index (χ4v) is 4.08. The molecule has 2 unspecified atom stereocenters. The van der Waals surface area contributed by atoms with Crippen molar-refractivity contribution in [2.75, 3.05) is 20.6 Å². The average molecular weight is 371 g/mol. The van der Waals surface area contributed by atoms with Crippen LogP contribution in [0.5, 0.6) is 0 Å². The van der Waals surface area contributed by atoms with Crippen molar-refractivity contribution in [2.45, 2.75) is 45.2 Å². The van der Waals surface area contributed by atoms with Crippen molar-refractivity contribution >= 4 is 17.7 Å². The van der Waals surface area contributed by atoms with E-state index in [1.807, 2.05) is 26.2 Å². The Bertz CT molecular complexity index is 675. The smallest absolute Gasteiger partial charge is 0.233 e. The number of imide groups is 1. The predicted molar refractivity (Wildman–Crippen MR) is 102 cm³/mol. The second-order valence-electron chi connectivity index (χ2n) is 7.91. The number of amides is 3. The maximum absolute atomic E-state index is 12.4. The Morgan fingerprint density at radius 3 is 2.15 bits per heavy atom. The van der Waals surface area contributed by atoms with Gasteiger partial charge in [-0.25, -0.2) is 0 Å². The van der Waals surface area contributed by atoms with Crippen LogP contribution in [-0.2, 0) is 27.5 Å². The van der Waals surface area contributed by atoms with Gasteiger partial charge in [-0.2, -0.15) is 0 Å². The number of hydrogen-bond donors (Lipinski definition) is 1. The molecule has 146 valence electrons. The third-order valence-corrected chi connectivity index (χ3v) is 5.51. The largest absolute Gasteiger partial charge is 0.352 e. The van der Waals surface area contributed by atoms with E-state index in [9.17, 15) is 14.4 Å². The lowest BCUT2D eigenvalue weighted by molar-refractivity contribution is -0.140. The van der Waals surface area contributed by atoms with Crippen LogP contribution >= 0.6 is 0 Å². The van der Waals surface area contributed by atoms with Crippen molar-refractivity contribution in [3.8, 4) is 0 Å². The Labute approximate surface area is 160 Å². The van der Waals surface area contributed by atoms with Crippen LogP contribution in [0.25, 0.3) is 0 Å². The number of carbonyl (C=O) groups excluding carboxylic acids is 3. The minimum Gasteiger partial charge on any atom is -0.352 e. The normalized spacial score (nSPS) is 22.3. The van der Waals surface area contributed by atoms with Crippen molar-refractivity contribution in [3.05, 3.63) is 35.4 Å². The van der Waals surface area contributed by atoms with Crippen LogP contribution in [0.4, 0.5) is 0 Å². The zero-order chi connectivity index (χ0) is 19.4. The summed E-state index contributed by atoms with van der Waals surface area (Å²) in [5, 5.41) is 2.88. The van der Waals surface area contributed by atoms with Crippen LogP contribution in [0.3, 0.4) is 0 Å². The number of rotatable bonds is 7. The Balaban J connectivity index is 1.44. The Morgan fingerprint density at radius 2 is 1.59 bits per heavy atom. The van der Waals surface area contributed by atoms with E-state index in [1.54, 1.807) is 0 Å². The summed E-state index contributed by atoms with van der Waals surface area (Å²) in [6, 6.07) is 8.14. The van der Waals surface area contributed by atoms with Crippen molar-refractivity contribution in [1.82, 2.24) is 15.1 Å². The lowest BCUT2D eigenvalue weighted by Gasteiger charge is -2.19. The predicted octanol–water partition coefficient (Wildman–Crippen LogP) is 1.93. The van der Waals surface area contributed by atoms with Crippen LogP contribution < -0.4 is 5.32 Å². The van der Waals surface area contributed by atoms with Crippen molar-refractivity contribution in [2.24, 2.45) is 11.8 Å². The van der Waals surface area contributed by atoms with Gasteiger partial charge >= 0.3 is 0 Å². The van der Waals surface area contributed by atoms with Gasteiger partial charge in [0.15, 0.2) is 0 Å². The van der Waals surface area contributed by atoms with Crippen LogP contribution in [0, 0.1) is 11.8 Å². The van der Waals surface area contributed by atoms with E-state index in [1.165, 1.54) is 10.5 Å². The maximum Gasteiger partial charge on any atom is 0.233 e. The number of carbonyl (C=O) groups is 3. The molecule has 6 heteroatoms. The zero-order valence-corrected chi connectivity index (χ0v) is 16.2. The van der Waals surface area contributed by atoms with E-state index in [0.717, 1.165) is 37.8 Å². The minimum atomic E-state index is -0.144. The van der Waals surface area contributed by atoms with E-state index in [4.69, 9.17) is 0 Å². The summed E-state index contributed by atoms with van der Waals surface area (Å²) in [5.74, 6) is -0.573. The van der Waals surface area contributed by atoms with Crippen molar-refractivity contribution in [3.63, 3.8) is 0 Å². The molecule has 1 heterocycles. The fourth-order valence-electron chi connectivity index (χ4n) is 4.08. The lowest BCUT2D eigenvalue weighted by Crippen LogP contribution is -2.35. The molecule has 2 fully saturated rings. The van der Waals surface area contributed by atoms with Crippen molar-refractivity contribution < 1.29 is 14.4 Å². The van der Waals surface area contributed by atoms with E-state index in [2.05, 4.69) is 22.3 Å². The van der Waals surface area contributed by atoms with Crippen LogP contribution in [0.1, 0.15) is 43.2 Å². The molecule has 1 aliphatic heterocycles. The fraction of sp³-hybridized carbons (Fsp3) is 0.571. The second-order valence-corrected chi connectivity index (χ2v) is 7.91. The molecule has 1 aromatic rings. The topological polar surface area (TPSA) is 69.7 Å². The first-order chi connectivity index (χ1) is 13.0. The molecular formula is C21H29N3O3. The molecule has 1 aromatic carbocycles. The number of likely N-dealkylation sites (tertiary alicyclic amines) is 1. The molecule has 2 aliphatic rings. The summed E-state index contributed by atoms with van der Waals surface area (Å²) in [7, 11) is 4.05. The number of benzene rings is 1. The Morgan fingerprint density at radius 1 is 1.04 bits per heavy atom. The summed E-state index contributed by atoms with van der Waals surface area (Å²) in [4.78, 5) is 40.4. The molecule has 3 amide bonds. The van der Waals surface area contributed by atoms with Gasteiger partial charge in [0.2, 0.25) is 17.7 Å². The summed E-state index contributed by atoms with van der Waals surface area (Å²) in [6.45, 7) is 1.53. The molecule has 0 spiro atoms. The highest BCUT2D eigenvalue weighted by molar-refractivity contribution is 6.05. The van der Waals surface area contributed by atoms with Crippen LogP contribution in [-0.4, -0.2) is 48.2 Å². The van der Waals surface area contributed by atoms with Gasteiger partial charge in [0, 0.05) is 26.1 Å². The van der Waals surface area contributed by atoms with Gasteiger partial charge in [-0.3, -0.25) is 19.3 Å². The molecule has 27 heavy (non-hydrogen) atoms. The zero-order valence-electron chi connectivity index (χ0n) is 16.2. The summed E-state index contributed by atoms with van der Waals surface area (Å²) >= 11 is 0. The monoisotopic (exact) mass is 371 g/mol. The van der Waals surface area contributed by atoms with E-state index < -0.39 is 0 Å². The third-order valence-electron chi connectivity index (χ3n) is 5.51. The molecule has 0 aromatic heterocycles. The van der Waals surface area contributed by atoms with Gasteiger partial charge in [-0.05, 0) is 38.1 Å². The van der Waals surface area contributed by atoms with E-state index >= 15 is 0 Å². The molecule has 1 N–H and O–H groups in total. The van der Waals surface area contributed by atoms with Crippen LogP contribution in [0.15, 0.2) is 24.3 Å². The summed E-state index contributed by atoms with van der Waals surface area (Å²) in [5.41, 5.74) is 2.26. The number of nitrogens with one attached hydrogen (secondary N) is 1. The molecule has 2 atom stereocenters. The van der Waals surface area contributed by atoms with Crippen molar-refractivity contribution in [1.29, 1.82) is 0 Å². The molecular weight excluding hydrogens is 342 g/mol.